The van der Waals surface area contributed by atoms with Crippen LogP contribution in [0, 0.1) is 0 Å². The average Bonchev–Trinajstić information content (AvgIpc) is 2.29. The molecule has 4 N–H and O–H groups in total. The van der Waals surface area contributed by atoms with Gasteiger partial charge in [0.05, 0.1) is 0 Å². The van der Waals surface area contributed by atoms with Crippen molar-refractivity contribution < 1.29 is 19.5 Å². The molecule has 7 nitrogen and oxygen atoms in total. The number of carbonyl (C=O) groups is 3. The van der Waals surface area contributed by atoms with Gasteiger partial charge in [-0.25, -0.2) is 9.59 Å². The van der Waals surface area contributed by atoms with Crippen LogP contribution in [-0.4, -0.2) is 46.5 Å². The number of hydrogen-bond acceptors (Lipinski definition) is 3. The highest BCUT2D eigenvalue weighted by Crippen LogP contribution is 2.03. The van der Waals surface area contributed by atoms with Crippen LogP contribution in [0.4, 0.5) is 4.79 Å². The number of nitrogens with zero attached hydrogens (tertiary/aromatic N) is 1. The minimum atomic E-state index is -1.20. The van der Waals surface area contributed by atoms with E-state index in [1.807, 2.05) is 13.8 Å². The lowest BCUT2D eigenvalue weighted by molar-refractivity contribution is -0.139. The fraction of sp³-hybridized carbons (Fsp3) is 0.583. The van der Waals surface area contributed by atoms with Crippen LogP contribution in [0.1, 0.15) is 26.7 Å². The van der Waals surface area contributed by atoms with Crippen LogP contribution in [0.15, 0.2) is 12.7 Å². The normalized spacial score (nSPS) is 11.7. The third kappa shape index (κ3) is 6.44. The summed E-state index contributed by atoms with van der Waals surface area (Å²) in [6.45, 7) is 7.47. The number of carboxylic acid groups (broad SMARTS) is 1. The number of carboxylic acids is 1. The monoisotopic (exact) mass is 271 g/mol. The van der Waals surface area contributed by atoms with E-state index in [1.54, 1.807) is 6.08 Å². The molecule has 0 saturated carbocycles. The summed E-state index contributed by atoms with van der Waals surface area (Å²) in [5.74, 6) is -1.80. The summed E-state index contributed by atoms with van der Waals surface area (Å²) < 4.78 is 0. The molecule has 0 bridgehead atoms. The van der Waals surface area contributed by atoms with Crippen molar-refractivity contribution in [2.75, 3.05) is 6.54 Å². The molecule has 0 aliphatic carbocycles. The van der Waals surface area contributed by atoms with Crippen molar-refractivity contribution in [3.05, 3.63) is 12.7 Å². The van der Waals surface area contributed by atoms with E-state index in [0.717, 1.165) is 0 Å². The number of urea groups is 1. The molecule has 0 heterocycles. The Labute approximate surface area is 112 Å². The first-order valence-electron chi connectivity index (χ1n) is 5.98. The number of hydrogen-bond donors (Lipinski definition) is 3. The van der Waals surface area contributed by atoms with Crippen molar-refractivity contribution in [1.29, 1.82) is 0 Å². The Morgan fingerprint density at radius 2 is 2.00 bits per heavy atom. The molecule has 3 amide bonds. The van der Waals surface area contributed by atoms with Crippen molar-refractivity contribution in [3.8, 4) is 0 Å². The van der Waals surface area contributed by atoms with E-state index in [9.17, 15) is 14.4 Å². The van der Waals surface area contributed by atoms with Gasteiger partial charge in [-0.1, -0.05) is 6.08 Å². The Bertz CT molecular complexity index is 355. The molecule has 0 rings (SSSR count). The van der Waals surface area contributed by atoms with Gasteiger partial charge in [-0.15, -0.1) is 6.58 Å². The van der Waals surface area contributed by atoms with E-state index >= 15 is 0 Å². The van der Waals surface area contributed by atoms with Gasteiger partial charge >= 0.3 is 12.0 Å². The summed E-state index contributed by atoms with van der Waals surface area (Å²) in [4.78, 5) is 35.0. The van der Waals surface area contributed by atoms with Gasteiger partial charge in [0.25, 0.3) is 0 Å². The van der Waals surface area contributed by atoms with Crippen LogP contribution >= 0.6 is 0 Å². The van der Waals surface area contributed by atoms with E-state index < -0.39 is 23.9 Å². The van der Waals surface area contributed by atoms with Gasteiger partial charge in [0, 0.05) is 19.0 Å². The van der Waals surface area contributed by atoms with Gasteiger partial charge < -0.3 is 21.1 Å². The number of aliphatic carboxylic acids is 1. The zero-order valence-electron chi connectivity index (χ0n) is 11.3. The molecule has 0 aromatic rings. The second kappa shape index (κ2) is 8.12. The Morgan fingerprint density at radius 3 is 2.37 bits per heavy atom. The molecule has 0 aromatic heterocycles. The van der Waals surface area contributed by atoms with Gasteiger partial charge in [-0.3, -0.25) is 4.79 Å². The van der Waals surface area contributed by atoms with Crippen LogP contribution in [0.5, 0.6) is 0 Å². The van der Waals surface area contributed by atoms with Crippen molar-refractivity contribution in [2.45, 2.75) is 38.8 Å². The summed E-state index contributed by atoms with van der Waals surface area (Å²) in [7, 11) is 0. The van der Waals surface area contributed by atoms with Gasteiger partial charge in [-0.2, -0.15) is 0 Å². The van der Waals surface area contributed by atoms with E-state index in [-0.39, 0.29) is 18.9 Å². The zero-order valence-corrected chi connectivity index (χ0v) is 11.3. The molecular formula is C12H21N3O4. The fourth-order valence-electron chi connectivity index (χ4n) is 1.44. The third-order valence-corrected chi connectivity index (χ3v) is 2.49. The molecule has 0 radical (unpaired) electrons. The maximum absolute atomic E-state index is 11.9. The van der Waals surface area contributed by atoms with Crippen molar-refractivity contribution in [1.82, 2.24) is 10.2 Å². The minimum Gasteiger partial charge on any atom is -0.480 e. The topological polar surface area (TPSA) is 113 Å². The molecular weight excluding hydrogens is 250 g/mol. The fourth-order valence-corrected chi connectivity index (χ4v) is 1.44. The van der Waals surface area contributed by atoms with Crippen molar-refractivity contribution in [3.63, 3.8) is 0 Å². The number of nitrogens with one attached hydrogen (secondary N) is 1. The first-order valence-corrected chi connectivity index (χ1v) is 5.98. The Morgan fingerprint density at radius 1 is 1.42 bits per heavy atom. The van der Waals surface area contributed by atoms with Crippen molar-refractivity contribution in [2.24, 2.45) is 5.73 Å². The first kappa shape index (κ1) is 16.9. The lowest BCUT2D eigenvalue weighted by Crippen LogP contribution is -2.50. The largest absolute Gasteiger partial charge is 0.480 e. The van der Waals surface area contributed by atoms with Crippen LogP contribution in [0.3, 0.4) is 0 Å². The molecule has 0 aliphatic rings. The van der Waals surface area contributed by atoms with Crippen LogP contribution in [-0.2, 0) is 9.59 Å². The molecule has 7 heteroatoms. The Balaban J connectivity index is 4.63. The van der Waals surface area contributed by atoms with E-state index in [4.69, 9.17) is 10.8 Å². The van der Waals surface area contributed by atoms with Gasteiger partial charge in [-0.05, 0) is 20.3 Å². The lowest BCUT2D eigenvalue weighted by atomic mass is 10.1. The first-order chi connectivity index (χ1) is 8.79. The molecule has 1 atom stereocenters. The maximum atomic E-state index is 11.9. The number of primary amides is 1. The number of amides is 3. The quantitative estimate of drug-likeness (QED) is 0.551. The predicted octanol–water partition coefficient (Wildman–Crippen LogP) is 0.311. The predicted molar refractivity (Wildman–Crippen MR) is 70.4 cm³/mol. The molecule has 19 heavy (non-hydrogen) atoms. The molecule has 0 fully saturated rings. The highest BCUT2D eigenvalue weighted by Gasteiger charge is 2.24. The van der Waals surface area contributed by atoms with E-state index in [2.05, 4.69) is 11.9 Å². The average molecular weight is 271 g/mol. The highest BCUT2D eigenvalue weighted by molar-refractivity contribution is 5.83. The maximum Gasteiger partial charge on any atom is 0.326 e. The number of rotatable bonds is 8. The molecule has 0 aromatic carbocycles. The molecule has 108 valence electrons. The summed E-state index contributed by atoms with van der Waals surface area (Å²) in [5, 5.41) is 11.3. The third-order valence-electron chi connectivity index (χ3n) is 2.49. The zero-order chi connectivity index (χ0) is 15.0. The van der Waals surface area contributed by atoms with E-state index in [1.165, 1.54) is 4.90 Å². The van der Waals surface area contributed by atoms with E-state index in [0.29, 0.717) is 6.54 Å². The number of carbonyl (C=O) groups excluding carboxylic acids is 2. The van der Waals surface area contributed by atoms with Crippen LogP contribution in [0.2, 0.25) is 0 Å². The van der Waals surface area contributed by atoms with Gasteiger partial charge in [0.15, 0.2) is 0 Å². The number of nitrogens with two attached hydrogens (primary N) is 1. The molecule has 0 unspecified atom stereocenters. The second-order valence-corrected chi connectivity index (χ2v) is 4.38. The minimum absolute atomic E-state index is 0.0313. The molecule has 0 saturated heterocycles. The van der Waals surface area contributed by atoms with Crippen LogP contribution in [0.25, 0.3) is 0 Å². The van der Waals surface area contributed by atoms with Gasteiger partial charge in [0.1, 0.15) is 6.04 Å². The molecule has 0 spiro atoms. The summed E-state index contributed by atoms with van der Waals surface area (Å²) in [6.07, 6.45) is 1.43. The standard InChI is InChI=1S/C12H21N3O4/c1-4-7-15(8(2)3)12(19)14-9(11(17)18)5-6-10(13)16/h4,8-9H,1,5-7H2,2-3H3,(H2,13,16)(H,14,19)(H,17,18)/t9-/m0/s1. The molecule has 0 aliphatic heterocycles. The Hall–Kier alpha value is -2.05. The Kier molecular flexibility index (Phi) is 7.25. The van der Waals surface area contributed by atoms with Gasteiger partial charge in [0.2, 0.25) is 5.91 Å². The second-order valence-electron chi connectivity index (χ2n) is 4.38. The smallest absolute Gasteiger partial charge is 0.326 e. The summed E-state index contributed by atoms with van der Waals surface area (Å²) in [5.41, 5.74) is 4.96. The highest BCUT2D eigenvalue weighted by atomic mass is 16.4. The van der Waals surface area contributed by atoms with Crippen LogP contribution < -0.4 is 11.1 Å². The van der Waals surface area contributed by atoms with Crippen molar-refractivity contribution >= 4 is 17.9 Å². The lowest BCUT2D eigenvalue weighted by Gasteiger charge is -2.27. The SMILES string of the molecule is C=CCN(C(=O)N[C@@H](CCC(N)=O)C(=O)O)C(C)C. The summed E-state index contributed by atoms with van der Waals surface area (Å²) in [6, 6.07) is -1.73. The summed E-state index contributed by atoms with van der Waals surface area (Å²) >= 11 is 0.